The van der Waals surface area contributed by atoms with Gasteiger partial charge in [-0.1, -0.05) is 36.4 Å². The van der Waals surface area contributed by atoms with E-state index in [1.807, 2.05) is 60.7 Å². The number of pyridine rings is 1. The van der Waals surface area contributed by atoms with Gasteiger partial charge in [0.2, 0.25) is 0 Å². The lowest BCUT2D eigenvalue weighted by Crippen LogP contribution is -2.00. The van der Waals surface area contributed by atoms with Gasteiger partial charge in [-0.05, 0) is 47.5 Å². The van der Waals surface area contributed by atoms with E-state index in [0.29, 0.717) is 17.3 Å². The first-order valence-corrected chi connectivity index (χ1v) is 9.67. The van der Waals surface area contributed by atoms with Gasteiger partial charge in [-0.25, -0.2) is 18.7 Å². The highest BCUT2D eigenvalue weighted by atomic mass is 19.2. The van der Waals surface area contributed by atoms with Gasteiger partial charge in [-0.3, -0.25) is 4.98 Å². The van der Waals surface area contributed by atoms with E-state index in [0.717, 1.165) is 39.7 Å². The van der Waals surface area contributed by atoms with E-state index >= 15 is 0 Å². The fraction of sp³-hybridized carbons (Fsp3) is 0. The molecule has 0 saturated carbocycles. The predicted octanol–water partition coefficient (Wildman–Crippen LogP) is 6.38. The number of aromatic nitrogens is 3. The van der Waals surface area contributed by atoms with Gasteiger partial charge in [0.05, 0.1) is 5.52 Å². The van der Waals surface area contributed by atoms with Crippen LogP contribution in [0.1, 0.15) is 0 Å². The minimum absolute atomic E-state index is 0.392. The quantitative estimate of drug-likeness (QED) is 0.373. The van der Waals surface area contributed by atoms with Crippen LogP contribution in [0.5, 0.6) is 0 Å². The van der Waals surface area contributed by atoms with Gasteiger partial charge in [0.15, 0.2) is 17.5 Å². The Morgan fingerprint density at radius 3 is 2.29 bits per heavy atom. The standard InChI is InChI=1S/C25H16F2N4/c26-21-11-9-19(14-22(21)27)29-25-20-10-8-17(16-5-2-1-3-6-16)13-23(20)30-24(31-25)18-7-4-12-28-15-18/h1-15H,(H,29,30,31). The number of nitrogens with one attached hydrogen (secondary N) is 1. The zero-order valence-electron chi connectivity index (χ0n) is 16.3. The lowest BCUT2D eigenvalue weighted by Gasteiger charge is -2.12. The largest absolute Gasteiger partial charge is 0.340 e. The molecule has 0 bridgehead atoms. The first kappa shape index (κ1) is 18.8. The maximum atomic E-state index is 13.7. The number of rotatable bonds is 4. The predicted molar refractivity (Wildman–Crippen MR) is 118 cm³/mol. The SMILES string of the molecule is Fc1ccc(Nc2nc(-c3cccnc3)nc3cc(-c4ccccc4)ccc23)cc1F. The molecule has 150 valence electrons. The molecule has 1 N–H and O–H groups in total. The lowest BCUT2D eigenvalue weighted by molar-refractivity contribution is 0.509. The molecular formula is C25H16F2N4. The van der Waals surface area contributed by atoms with Crippen LogP contribution in [0.2, 0.25) is 0 Å². The molecule has 3 aromatic carbocycles. The number of fused-ring (bicyclic) bond motifs is 1. The van der Waals surface area contributed by atoms with Gasteiger partial charge in [0, 0.05) is 35.1 Å². The summed E-state index contributed by atoms with van der Waals surface area (Å²) in [5.74, 6) is -0.853. The zero-order chi connectivity index (χ0) is 21.2. The lowest BCUT2D eigenvalue weighted by atomic mass is 10.0. The molecule has 0 spiro atoms. The first-order chi connectivity index (χ1) is 15.2. The van der Waals surface area contributed by atoms with Crippen LogP contribution < -0.4 is 5.32 Å². The van der Waals surface area contributed by atoms with Gasteiger partial charge in [0.25, 0.3) is 0 Å². The van der Waals surface area contributed by atoms with E-state index in [2.05, 4.69) is 15.3 Å². The number of hydrogen-bond donors (Lipinski definition) is 1. The van der Waals surface area contributed by atoms with Crippen molar-refractivity contribution in [2.24, 2.45) is 0 Å². The molecular weight excluding hydrogens is 394 g/mol. The summed E-state index contributed by atoms with van der Waals surface area (Å²) in [6, 6.07) is 23.2. The molecule has 6 heteroatoms. The van der Waals surface area contributed by atoms with Gasteiger partial charge < -0.3 is 5.32 Å². The monoisotopic (exact) mass is 410 g/mol. The van der Waals surface area contributed by atoms with Crippen molar-refractivity contribution in [3.63, 3.8) is 0 Å². The Morgan fingerprint density at radius 1 is 0.677 bits per heavy atom. The summed E-state index contributed by atoms with van der Waals surface area (Å²) in [5, 5.41) is 3.87. The van der Waals surface area contributed by atoms with E-state index < -0.39 is 11.6 Å². The van der Waals surface area contributed by atoms with Crippen LogP contribution in [0.3, 0.4) is 0 Å². The molecule has 0 aliphatic rings. The minimum atomic E-state index is -0.929. The van der Waals surface area contributed by atoms with Gasteiger partial charge in [-0.2, -0.15) is 0 Å². The maximum absolute atomic E-state index is 13.7. The van der Waals surface area contributed by atoms with Crippen molar-refractivity contribution in [2.75, 3.05) is 5.32 Å². The maximum Gasteiger partial charge on any atom is 0.163 e. The van der Waals surface area contributed by atoms with Crippen molar-refractivity contribution in [1.82, 2.24) is 15.0 Å². The first-order valence-electron chi connectivity index (χ1n) is 9.67. The molecule has 0 radical (unpaired) electrons. The van der Waals surface area contributed by atoms with Crippen molar-refractivity contribution in [2.45, 2.75) is 0 Å². The second-order valence-electron chi connectivity index (χ2n) is 6.99. The summed E-state index contributed by atoms with van der Waals surface area (Å²) >= 11 is 0. The molecule has 2 heterocycles. The van der Waals surface area contributed by atoms with E-state index in [1.54, 1.807) is 12.4 Å². The van der Waals surface area contributed by atoms with Crippen molar-refractivity contribution in [1.29, 1.82) is 0 Å². The number of halogens is 2. The van der Waals surface area contributed by atoms with Crippen LogP contribution >= 0.6 is 0 Å². The molecule has 5 rings (SSSR count). The zero-order valence-corrected chi connectivity index (χ0v) is 16.3. The third kappa shape index (κ3) is 3.83. The minimum Gasteiger partial charge on any atom is -0.340 e. The van der Waals surface area contributed by atoms with E-state index in [-0.39, 0.29) is 0 Å². The fourth-order valence-electron chi connectivity index (χ4n) is 3.37. The molecule has 0 saturated heterocycles. The molecule has 0 aliphatic carbocycles. The normalized spacial score (nSPS) is 10.9. The summed E-state index contributed by atoms with van der Waals surface area (Å²) in [6.45, 7) is 0. The molecule has 31 heavy (non-hydrogen) atoms. The Labute approximate surface area is 177 Å². The summed E-state index contributed by atoms with van der Waals surface area (Å²) in [4.78, 5) is 13.5. The molecule has 0 fully saturated rings. The number of benzene rings is 3. The van der Waals surface area contributed by atoms with Gasteiger partial charge in [0.1, 0.15) is 5.82 Å². The molecule has 0 unspecified atom stereocenters. The molecule has 4 nitrogen and oxygen atoms in total. The molecule has 0 aliphatic heterocycles. The smallest absolute Gasteiger partial charge is 0.163 e. The average Bonchev–Trinajstić information content (AvgIpc) is 2.82. The highest BCUT2D eigenvalue weighted by Crippen LogP contribution is 2.31. The van der Waals surface area contributed by atoms with E-state index in [4.69, 9.17) is 4.98 Å². The van der Waals surface area contributed by atoms with Crippen LogP contribution in [0.25, 0.3) is 33.4 Å². The summed E-state index contributed by atoms with van der Waals surface area (Å²) in [6.07, 6.45) is 3.36. The Bertz CT molecular complexity index is 1370. The van der Waals surface area contributed by atoms with Crippen LogP contribution in [0.4, 0.5) is 20.3 Å². The molecule has 0 atom stereocenters. The Balaban J connectivity index is 1.67. The average molecular weight is 410 g/mol. The summed E-state index contributed by atoms with van der Waals surface area (Å²) in [7, 11) is 0. The number of hydrogen-bond acceptors (Lipinski definition) is 4. The van der Waals surface area contributed by atoms with E-state index in [9.17, 15) is 8.78 Å². The summed E-state index contributed by atoms with van der Waals surface area (Å²) < 4.78 is 27.1. The molecule has 5 aromatic rings. The highest BCUT2D eigenvalue weighted by molar-refractivity contribution is 5.94. The van der Waals surface area contributed by atoms with Crippen molar-refractivity contribution >= 4 is 22.4 Å². The van der Waals surface area contributed by atoms with Crippen molar-refractivity contribution in [3.8, 4) is 22.5 Å². The Kier molecular flexibility index (Phi) is 4.80. The van der Waals surface area contributed by atoms with Gasteiger partial charge >= 0.3 is 0 Å². The Hall–Kier alpha value is -4.19. The van der Waals surface area contributed by atoms with Crippen LogP contribution in [-0.2, 0) is 0 Å². The van der Waals surface area contributed by atoms with Gasteiger partial charge in [-0.15, -0.1) is 0 Å². The number of anilines is 2. The fourth-order valence-corrected chi connectivity index (χ4v) is 3.37. The third-order valence-corrected chi connectivity index (χ3v) is 4.91. The topological polar surface area (TPSA) is 50.7 Å². The van der Waals surface area contributed by atoms with Crippen LogP contribution in [-0.4, -0.2) is 15.0 Å². The van der Waals surface area contributed by atoms with Crippen molar-refractivity contribution < 1.29 is 8.78 Å². The molecule has 0 amide bonds. The number of nitrogens with zero attached hydrogens (tertiary/aromatic N) is 3. The van der Waals surface area contributed by atoms with E-state index in [1.165, 1.54) is 6.07 Å². The third-order valence-electron chi connectivity index (χ3n) is 4.91. The van der Waals surface area contributed by atoms with Crippen LogP contribution in [0, 0.1) is 11.6 Å². The highest BCUT2D eigenvalue weighted by Gasteiger charge is 2.12. The second kappa shape index (κ2) is 7.91. The Morgan fingerprint density at radius 2 is 1.52 bits per heavy atom. The van der Waals surface area contributed by atoms with Crippen molar-refractivity contribution in [3.05, 3.63) is 103 Å². The van der Waals surface area contributed by atoms with Crippen LogP contribution in [0.15, 0.2) is 91.3 Å². The second-order valence-corrected chi connectivity index (χ2v) is 6.99. The molecule has 2 aromatic heterocycles. The summed E-state index contributed by atoms with van der Waals surface area (Å²) in [5.41, 5.74) is 3.95.